The van der Waals surface area contributed by atoms with Crippen molar-refractivity contribution < 1.29 is 9.53 Å². The average molecular weight is 264 g/mol. The maximum absolute atomic E-state index is 11.9. The number of amides is 1. The number of hydrogen-bond acceptors (Lipinski definition) is 3. The van der Waals surface area contributed by atoms with E-state index in [9.17, 15) is 4.79 Å². The van der Waals surface area contributed by atoms with Gasteiger partial charge in [0.2, 0.25) is 0 Å². The van der Waals surface area contributed by atoms with E-state index >= 15 is 0 Å². The molecule has 0 bridgehead atoms. The minimum Gasteiger partial charge on any atom is -0.481 e. The third-order valence-electron chi connectivity index (χ3n) is 3.24. The van der Waals surface area contributed by atoms with Crippen LogP contribution in [0.2, 0.25) is 0 Å². The van der Waals surface area contributed by atoms with Crippen LogP contribution < -0.4 is 15.8 Å². The molecule has 0 spiro atoms. The Hall–Kier alpha value is -1.71. The lowest BCUT2D eigenvalue weighted by molar-refractivity contribution is -0.127. The van der Waals surface area contributed by atoms with Crippen LogP contribution >= 0.6 is 0 Å². The Labute approximate surface area is 115 Å². The molecule has 4 nitrogen and oxygen atoms in total. The average Bonchev–Trinajstić information content (AvgIpc) is 2.35. The number of ether oxygens (including phenoxy) is 1. The molecule has 1 amide bonds. The minimum absolute atomic E-state index is 0.0942. The highest BCUT2D eigenvalue weighted by Crippen LogP contribution is 2.25. The summed E-state index contributed by atoms with van der Waals surface area (Å²) in [6.07, 6.45) is 0.383. The van der Waals surface area contributed by atoms with Crippen molar-refractivity contribution in [1.29, 1.82) is 0 Å². The molecule has 0 aliphatic heterocycles. The van der Waals surface area contributed by atoms with Crippen LogP contribution in [0.25, 0.3) is 0 Å². The van der Waals surface area contributed by atoms with Crippen molar-refractivity contribution in [2.75, 3.05) is 5.73 Å². The van der Waals surface area contributed by atoms with Gasteiger partial charge in [-0.2, -0.15) is 0 Å². The Bertz CT molecular complexity index is 458. The van der Waals surface area contributed by atoms with Crippen LogP contribution in [0.1, 0.15) is 38.3 Å². The van der Waals surface area contributed by atoms with Crippen molar-refractivity contribution >= 4 is 11.6 Å². The maximum Gasteiger partial charge on any atom is 0.260 e. The van der Waals surface area contributed by atoms with Gasteiger partial charge in [0.25, 0.3) is 5.91 Å². The third-order valence-corrected chi connectivity index (χ3v) is 3.24. The number of benzene rings is 1. The summed E-state index contributed by atoms with van der Waals surface area (Å²) < 4.78 is 5.72. The molecule has 0 saturated carbocycles. The molecule has 2 unspecified atom stereocenters. The maximum atomic E-state index is 11.9. The van der Waals surface area contributed by atoms with Gasteiger partial charge in [-0.3, -0.25) is 4.79 Å². The monoisotopic (exact) mass is 264 g/mol. The second kappa shape index (κ2) is 6.45. The molecule has 0 saturated heterocycles. The molecule has 19 heavy (non-hydrogen) atoms. The van der Waals surface area contributed by atoms with Crippen molar-refractivity contribution in [3.8, 4) is 5.75 Å². The van der Waals surface area contributed by atoms with Crippen molar-refractivity contribution in [3.05, 3.63) is 23.3 Å². The van der Waals surface area contributed by atoms with Crippen molar-refractivity contribution in [2.45, 2.75) is 53.2 Å². The summed E-state index contributed by atoms with van der Waals surface area (Å²) in [6, 6.07) is 3.90. The van der Waals surface area contributed by atoms with Gasteiger partial charge >= 0.3 is 0 Å². The Morgan fingerprint density at radius 2 is 1.95 bits per heavy atom. The molecule has 1 aromatic carbocycles. The van der Waals surface area contributed by atoms with E-state index in [4.69, 9.17) is 10.5 Å². The van der Waals surface area contributed by atoms with Gasteiger partial charge in [-0.1, -0.05) is 6.92 Å². The first-order valence-corrected chi connectivity index (χ1v) is 6.68. The minimum atomic E-state index is -0.518. The van der Waals surface area contributed by atoms with Crippen LogP contribution in [0.15, 0.2) is 12.1 Å². The molecule has 1 aromatic rings. The summed E-state index contributed by atoms with van der Waals surface area (Å²) in [5, 5.41) is 2.91. The molecule has 4 heteroatoms. The van der Waals surface area contributed by atoms with E-state index in [0.717, 1.165) is 23.2 Å². The third kappa shape index (κ3) is 4.16. The van der Waals surface area contributed by atoms with E-state index in [2.05, 4.69) is 5.32 Å². The SMILES string of the molecule is CCC(C)NC(=O)C(C)Oc1cc(C)c(N)cc1C. The summed E-state index contributed by atoms with van der Waals surface area (Å²) in [6.45, 7) is 9.60. The first-order valence-electron chi connectivity index (χ1n) is 6.68. The molecule has 2 atom stereocenters. The van der Waals surface area contributed by atoms with E-state index in [-0.39, 0.29) is 11.9 Å². The molecule has 3 N–H and O–H groups in total. The van der Waals surface area contributed by atoms with Gasteiger partial charge in [0.05, 0.1) is 0 Å². The first kappa shape index (κ1) is 15.3. The van der Waals surface area contributed by atoms with E-state index in [1.54, 1.807) is 6.92 Å². The fraction of sp³-hybridized carbons (Fsp3) is 0.533. The summed E-state index contributed by atoms with van der Waals surface area (Å²) in [4.78, 5) is 11.9. The quantitative estimate of drug-likeness (QED) is 0.803. The number of carbonyl (C=O) groups is 1. The first-order chi connectivity index (χ1) is 8.85. The highest BCUT2D eigenvalue weighted by molar-refractivity contribution is 5.81. The fourth-order valence-electron chi connectivity index (χ4n) is 1.65. The van der Waals surface area contributed by atoms with E-state index in [1.807, 2.05) is 39.8 Å². The van der Waals surface area contributed by atoms with Crippen molar-refractivity contribution in [2.24, 2.45) is 0 Å². The number of carbonyl (C=O) groups excluding carboxylic acids is 1. The fourth-order valence-corrected chi connectivity index (χ4v) is 1.65. The lowest BCUT2D eigenvalue weighted by Gasteiger charge is -2.19. The van der Waals surface area contributed by atoms with Crippen LogP contribution in [0.3, 0.4) is 0 Å². The Kier molecular flexibility index (Phi) is 5.21. The molecule has 0 fully saturated rings. The Morgan fingerprint density at radius 3 is 2.53 bits per heavy atom. The molecule has 0 aliphatic rings. The normalized spacial score (nSPS) is 13.7. The summed E-state index contributed by atoms with van der Waals surface area (Å²) in [7, 11) is 0. The number of rotatable bonds is 5. The number of nitrogen functional groups attached to an aromatic ring is 1. The molecule has 1 rings (SSSR count). The van der Waals surface area contributed by atoms with Crippen LogP contribution in [0.4, 0.5) is 5.69 Å². The lowest BCUT2D eigenvalue weighted by Crippen LogP contribution is -2.41. The molecule has 106 valence electrons. The highest BCUT2D eigenvalue weighted by atomic mass is 16.5. The second-order valence-corrected chi connectivity index (χ2v) is 5.05. The molecule has 0 radical (unpaired) electrons. The van der Waals surface area contributed by atoms with Gasteiger partial charge < -0.3 is 15.8 Å². The second-order valence-electron chi connectivity index (χ2n) is 5.05. The van der Waals surface area contributed by atoms with Crippen molar-refractivity contribution in [1.82, 2.24) is 5.32 Å². The topological polar surface area (TPSA) is 64.3 Å². The van der Waals surface area contributed by atoms with Gasteiger partial charge in [-0.15, -0.1) is 0 Å². The van der Waals surface area contributed by atoms with Gasteiger partial charge in [0.15, 0.2) is 6.10 Å². The largest absolute Gasteiger partial charge is 0.481 e. The van der Waals surface area contributed by atoms with E-state index in [0.29, 0.717) is 5.75 Å². The Balaban J connectivity index is 2.74. The number of aryl methyl sites for hydroxylation is 2. The summed E-state index contributed by atoms with van der Waals surface area (Å²) >= 11 is 0. The number of nitrogens with two attached hydrogens (primary N) is 1. The smallest absolute Gasteiger partial charge is 0.260 e. The molecular formula is C15H24N2O2. The van der Waals surface area contributed by atoms with Crippen LogP contribution in [-0.2, 0) is 4.79 Å². The lowest BCUT2D eigenvalue weighted by atomic mass is 10.1. The van der Waals surface area contributed by atoms with Crippen LogP contribution in [0.5, 0.6) is 5.75 Å². The highest BCUT2D eigenvalue weighted by Gasteiger charge is 2.17. The Morgan fingerprint density at radius 1 is 1.32 bits per heavy atom. The van der Waals surface area contributed by atoms with Gasteiger partial charge in [-0.05, 0) is 57.4 Å². The molecular weight excluding hydrogens is 240 g/mol. The molecule has 0 aromatic heterocycles. The number of hydrogen-bond donors (Lipinski definition) is 2. The van der Waals surface area contributed by atoms with Crippen LogP contribution in [-0.4, -0.2) is 18.1 Å². The zero-order chi connectivity index (χ0) is 14.6. The van der Waals surface area contributed by atoms with Gasteiger partial charge in [-0.25, -0.2) is 0 Å². The zero-order valence-electron chi connectivity index (χ0n) is 12.4. The van der Waals surface area contributed by atoms with E-state index < -0.39 is 6.10 Å². The van der Waals surface area contributed by atoms with Crippen LogP contribution in [0, 0.1) is 13.8 Å². The standard InChI is InChI=1S/C15H24N2O2/c1-6-11(4)17-15(18)12(5)19-14-8-9(2)13(16)7-10(14)3/h7-8,11-12H,6,16H2,1-5H3,(H,17,18). The molecule has 0 aliphatic carbocycles. The summed E-state index contributed by atoms with van der Waals surface area (Å²) in [5.41, 5.74) is 8.46. The van der Waals surface area contributed by atoms with E-state index in [1.165, 1.54) is 0 Å². The summed E-state index contributed by atoms with van der Waals surface area (Å²) in [5.74, 6) is 0.613. The number of nitrogens with one attached hydrogen (secondary N) is 1. The predicted molar refractivity (Wildman–Crippen MR) is 78.3 cm³/mol. The molecule has 0 heterocycles. The van der Waals surface area contributed by atoms with Crippen molar-refractivity contribution in [3.63, 3.8) is 0 Å². The predicted octanol–water partition coefficient (Wildman–Crippen LogP) is 2.57. The van der Waals surface area contributed by atoms with Gasteiger partial charge in [0, 0.05) is 11.7 Å². The van der Waals surface area contributed by atoms with Gasteiger partial charge in [0.1, 0.15) is 5.75 Å². The zero-order valence-corrected chi connectivity index (χ0v) is 12.4. The number of anilines is 1.